The van der Waals surface area contributed by atoms with Gasteiger partial charge in [-0.2, -0.15) is 5.10 Å². The number of guanidine groups is 1. The van der Waals surface area contributed by atoms with Crippen LogP contribution in [0, 0.1) is 0 Å². The highest BCUT2D eigenvalue weighted by Gasteiger charge is 2.02. The molecule has 0 amide bonds. The van der Waals surface area contributed by atoms with Gasteiger partial charge in [0.2, 0.25) is 0 Å². The Bertz CT molecular complexity index is 632. The molecule has 2 N–H and O–H groups in total. The molecule has 0 radical (unpaired) electrons. The van der Waals surface area contributed by atoms with Gasteiger partial charge < -0.3 is 15.4 Å². The Morgan fingerprint density at radius 3 is 2.65 bits per heavy atom. The Balaban J connectivity index is 0.00000338. The SMILES string of the molecule is CN=C(NCCCCOCCc1ccccc1)NCc1ncnn1C.I. The Labute approximate surface area is 172 Å². The Hall–Kier alpha value is -1.68. The molecular weight excluding hydrogens is 443 g/mol. The van der Waals surface area contributed by atoms with Crippen molar-refractivity contribution in [3.63, 3.8) is 0 Å². The van der Waals surface area contributed by atoms with Gasteiger partial charge in [-0.15, -0.1) is 24.0 Å². The fourth-order valence-electron chi connectivity index (χ4n) is 2.34. The first-order valence-electron chi connectivity index (χ1n) is 8.68. The molecule has 0 saturated heterocycles. The molecule has 26 heavy (non-hydrogen) atoms. The van der Waals surface area contributed by atoms with Crippen molar-refractivity contribution < 1.29 is 4.74 Å². The summed E-state index contributed by atoms with van der Waals surface area (Å²) in [5, 5.41) is 10.6. The van der Waals surface area contributed by atoms with Gasteiger partial charge in [-0.25, -0.2) is 4.98 Å². The predicted molar refractivity (Wildman–Crippen MR) is 115 cm³/mol. The average molecular weight is 472 g/mol. The van der Waals surface area contributed by atoms with Crippen LogP contribution in [0.5, 0.6) is 0 Å². The highest BCUT2D eigenvalue weighted by molar-refractivity contribution is 14.0. The van der Waals surface area contributed by atoms with Crippen molar-refractivity contribution in [2.24, 2.45) is 12.0 Å². The third-order valence-corrected chi connectivity index (χ3v) is 3.83. The largest absolute Gasteiger partial charge is 0.381 e. The molecule has 0 aliphatic heterocycles. The Morgan fingerprint density at radius 1 is 1.15 bits per heavy atom. The fourth-order valence-corrected chi connectivity index (χ4v) is 2.34. The van der Waals surface area contributed by atoms with Gasteiger partial charge in [0.25, 0.3) is 0 Å². The van der Waals surface area contributed by atoms with Crippen LogP contribution in [-0.4, -0.2) is 47.5 Å². The minimum atomic E-state index is 0. The van der Waals surface area contributed by atoms with Gasteiger partial charge in [-0.1, -0.05) is 30.3 Å². The summed E-state index contributed by atoms with van der Waals surface area (Å²) in [5.41, 5.74) is 1.32. The molecule has 0 unspecified atom stereocenters. The minimum absolute atomic E-state index is 0. The van der Waals surface area contributed by atoms with Crippen LogP contribution in [0.4, 0.5) is 0 Å². The maximum absolute atomic E-state index is 5.69. The van der Waals surface area contributed by atoms with Crippen LogP contribution < -0.4 is 10.6 Å². The number of aliphatic imine (C=N–C) groups is 1. The molecule has 8 heteroatoms. The van der Waals surface area contributed by atoms with Crippen molar-refractivity contribution in [1.82, 2.24) is 25.4 Å². The standard InChI is InChI=1S/C18H28N6O.HI/c1-19-18(21-14-17-22-15-23-24(17)2)20-11-6-7-12-25-13-10-16-8-4-3-5-9-16;/h3-5,8-9,15H,6-7,10-14H2,1-2H3,(H2,19,20,21);1H. The highest BCUT2D eigenvalue weighted by atomic mass is 127. The lowest BCUT2D eigenvalue weighted by molar-refractivity contribution is 0.133. The molecule has 0 spiro atoms. The minimum Gasteiger partial charge on any atom is -0.381 e. The van der Waals surface area contributed by atoms with E-state index in [-0.39, 0.29) is 24.0 Å². The molecule has 0 bridgehead atoms. The molecule has 1 heterocycles. The summed E-state index contributed by atoms with van der Waals surface area (Å²) in [6, 6.07) is 10.4. The molecule has 7 nitrogen and oxygen atoms in total. The van der Waals surface area contributed by atoms with Gasteiger partial charge in [0.05, 0.1) is 13.2 Å². The third kappa shape index (κ3) is 8.61. The highest BCUT2D eigenvalue weighted by Crippen LogP contribution is 2.00. The molecule has 0 atom stereocenters. The first-order chi connectivity index (χ1) is 12.3. The van der Waals surface area contributed by atoms with E-state index in [4.69, 9.17) is 4.74 Å². The summed E-state index contributed by atoms with van der Waals surface area (Å²) in [6.07, 6.45) is 4.58. The van der Waals surface area contributed by atoms with Gasteiger partial charge in [-0.05, 0) is 24.8 Å². The lowest BCUT2D eigenvalue weighted by Crippen LogP contribution is -2.37. The van der Waals surface area contributed by atoms with E-state index in [0.29, 0.717) is 6.54 Å². The number of unbranched alkanes of at least 4 members (excludes halogenated alkanes) is 1. The second kappa shape index (κ2) is 13.5. The summed E-state index contributed by atoms with van der Waals surface area (Å²) in [7, 11) is 3.64. The Kier molecular flexibility index (Phi) is 11.6. The summed E-state index contributed by atoms with van der Waals surface area (Å²) in [4.78, 5) is 8.38. The average Bonchev–Trinajstić information content (AvgIpc) is 3.05. The molecule has 0 fully saturated rings. The number of ether oxygens (including phenoxy) is 1. The quantitative estimate of drug-likeness (QED) is 0.240. The topological polar surface area (TPSA) is 76.4 Å². The van der Waals surface area contributed by atoms with Gasteiger partial charge in [0.15, 0.2) is 5.96 Å². The van der Waals surface area contributed by atoms with E-state index in [0.717, 1.165) is 50.8 Å². The van der Waals surface area contributed by atoms with E-state index in [2.05, 4.69) is 50.0 Å². The number of aryl methyl sites for hydroxylation is 1. The van der Waals surface area contributed by atoms with Crippen molar-refractivity contribution in [2.45, 2.75) is 25.8 Å². The molecule has 1 aromatic heterocycles. The van der Waals surface area contributed by atoms with Gasteiger partial charge in [0.1, 0.15) is 12.2 Å². The van der Waals surface area contributed by atoms with E-state index in [1.807, 2.05) is 13.1 Å². The molecule has 0 aliphatic carbocycles. The first kappa shape index (κ1) is 22.4. The van der Waals surface area contributed by atoms with Crippen molar-refractivity contribution in [2.75, 3.05) is 26.8 Å². The van der Waals surface area contributed by atoms with E-state index >= 15 is 0 Å². The monoisotopic (exact) mass is 472 g/mol. The number of nitrogens with zero attached hydrogens (tertiary/aromatic N) is 4. The number of rotatable bonds is 10. The molecule has 0 saturated carbocycles. The zero-order chi connectivity index (χ0) is 17.7. The molecular formula is C18H29IN6O. The van der Waals surface area contributed by atoms with Crippen LogP contribution in [0.15, 0.2) is 41.7 Å². The van der Waals surface area contributed by atoms with E-state index in [1.165, 1.54) is 5.56 Å². The van der Waals surface area contributed by atoms with Gasteiger partial charge >= 0.3 is 0 Å². The molecule has 2 rings (SSSR count). The van der Waals surface area contributed by atoms with Crippen molar-refractivity contribution in [3.05, 3.63) is 48.0 Å². The van der Waals surface area contributed by atoms with Crippen LogP contribution in [0.1, 0.15) is 24.2 Å². The predicted octanol–water partition coefficient (Wildman–Crippen LogP) is 2.14. The first-order valence-corrected chi connectivity index (χ1v) is 8.68. The number of hydrogen-bond donors (Lipinski definition) is 2. The number of nitrogens with one attached hydrogen (secondary N) is 2. The number of halogens is 1. The van der Waals surface area contributed by atoms with Crippen molar-refractivity contribution >= 4 is 29.9 Å². The van der Waals surface area contributed by atoms with E-state index < -0.39 is 0 Å². The number of hydrogen-bond acceptors (Lipinski definition) is 4. The van der Waals surface area contributed by atoms with Crippen LogP contribution in [-0.2, 0) is 24.8 Å². The summed E-state index contributed by atoms with van der Waals surface area (Å²) < 4.78 is 7.43. The second-order valence-corrected chi connectivity index (χ2v) is 5.71. The lowest BCUT2D eigenvalue weighted by atomic mass is 10.2. The maximum Gasteiger partial charge on any atom is 0.191 e. The molecule has 0 aliphatic rings. The smallest absolute Gasteiger partial charge is 0.191 e. The third-order valence-electron chi connectivity index (χ3n) is 3.83. The molecule has 144 valence electrons. The fraction of sp³-hybridized carbons (Fsp3) is 0.500. The van der Waals surface area contributed by atoms with Crippen molar-refractivity contribution in [1.29, 1.82) is 0 Å². The summed E-state index contributed by atoms with van der Waals surface area (Å²) in [5.74, 6) is 1.64. The molecule has 1 aromatic carbocycles. The number of benzene rings is 1. The van der Waals surface area contributed by atoms with Crippen LogP contribution >= 0.6 is 24.0 Å². The summed E-state index contributed by atoms with van der Waals surface area (Å²) in [6.45, 7) is 3.02. The van der Waals surface area contributed by atoms with E-state index in [9.17, 15) is 0 Å². The van der Waals surface area contributed by atoms with Crippen LogP contribution in [0.25, 0.3) is 0 Å². The zero-order valence-electron chi connectivity index (χ0n) is 15.5. The summed E-state index contributed by atoms with van der Waals surface area (Å²) >= 11 is 0. The van der Waals surface area contributed by atoms with Gasteiger partial charge in [0, 0.05) is 27.2 Å². The normalized spacial score (nSPS) is 11.1. The van der Waals surface area contributed by atoms with Crippen LogP contribution in [0.2, 0.25) is 0 Å². The lowest BCUT2D eigenvalue weighted by Gasteiger charge is -2.11. The zero-order valence-corrected chi connectivity index (χ0v) is 17.8. The van der Waals surface area contributed by atoms with Crippen molar-refractivity contribution in [3.8, 4) is 0 Å². The number of aromatic nitrogens is 3. The molecule has 2 aromatic rings. The van der Waals surface area contributed by atoms with E-state index in [1.54, 1.807) is 18.1 Å². The second-order valence-electron chi connectivity index (χ2n) is 5.71. The maximum atomic E-state index is 5.69. The van der Waals surface area contributed by atoms with Gasteiger partial charge in [-0.3, -0.25) is 9.67 Å². The van der Waals surface area contributed by atoms with Crippen LogP contribution in [0.3, 0.4) is 0 Å². The Morgan fingerprint density at radius 2 is 1.96 bits per heavy atom.